The summed E-state index contributed by atoms with van der Waals surface area (Å²) in [6, 6.07) is 0.836. The Labute approximate surface area is 165 Å². The van der Waals surface area contributed by atoms with Gasteiger partial charge in [0, 0.05) is 25.2 Å². The minimum Gasteiger partial charge on any atom is -0.493 e. The molecule has 1 aromatic heterocycles. The second-order valence-corrected chi connectivity index (χ2v) is 7.93. The molecule has 1 heterocycles. The van der Waals surface area contributed by atoms with Crippen LogP contribution in [0.5, 0.6) is 11.5 Å². The summed E-state index contributed by atoms with van der Waals surface area (Å²) >= 11 is 0. The highest BCUT2D eigenvalue weighted by molar-refractivity contribution is 5.99. The number of hydrogen-bond donors (Lipinski definition) is 2. The summed E-state index contributed by atoms with van der Waals surface area (Å²) in [5.41, 5.74) is 0.195. The standard InChI is InChI=1S/C20H29N3O5/c1-12(18(25)23-14-6-9-20(3,4)10-7-14)22-19(26)16-17(28-13(2)24)15(27-5)8-11-21-16/h8,11-12,14H,6-7,9-10H2,1-5H3,(H,22,26)(H,23,25)/t12-/m0/s1. The Bertz CT molecular complexity index is 737. The lowest BCUT2D eigenvalue weighted by molar-refractivity contribution is -0.132. The number of amides is 2. The molecule has 8 nitrogen and oxygen atoms in total. The molecule has 1 aliphatic rings. The molecule has 0 bridgehead atoms. The van der Waals surface area contributed by atoms with Crippen LogP contribution < -0.4 is 20.1 Å². The number of carbonyl (C=O) groups excluding carboxylic acids is 3. The smallest absolute Gasteiger partial charge is 0.308 e. The van der Waals surface area contributed by atoms with Crippen molar-refractivity contribution in [3.8, 4) is 11.5 Å². The average molecular weight is 391 g/mol. The number of ether oxygens (including phenoxy) is 2. The fraction of sp³-hybridized carbons (Fsp3) is 0.600. The number of esters is 1. The molecule has 28 heavy (non-hydrogen) atoms. The van der Waals surface area contributed by atoms with Crippen molar-refractivity contribution in [1.82, 2.24) is 15.6 Å². The summed E-state index contributed by atoms with van der Waals surface area (Å²) in [4.78, 5) is 40.4. The van der Waals surface area contributed by atoms with Crippen molar-refractivity contribution in [3.63, 3.8) is 0 Å². The van der Waals surface area contributed by atoms with Gasteiger partial charge in [0.2, 0.25) is 11.7 Å². The first-order valence-corrected chi connectivity index (χ1v) is 9.45. The van der Waals surface area contributed by atoms with Crippen LogP contribution in [0.15, 0.2) is 12.3 Å². The minimum absolute atomic E-state index is 0.0721. The summed E-state index contributed by atoms with van der Waals surface area (Å²) in [7, 11) is 1.39. The zero-order chi connectivity index (χ0) is 20.9. The van der Waals surface area contributed by atoms with Gasteiger partial charge in [-0.3, -0.25) is 14.4 Å². The number of hydrogen-bond acceptors (Lipinski definition) is 6. The molecule has 1 aliphatic carbocycles. The molecule has 0 radical (unpaired) electrons. The molecule has 2 N–H and O–H groups in total. The van der Waals surface area contributed by atoms with Crippen LogP contribution in [0.25, 0.3) is 0 Å². The molecule has 8 heteroatoms. The number of nitrogens with zero attached hydrogens (tertiary/aromatic N) is 1. The van der Waals surface area contributed by atoms with Crippen LogP contribution in [0.2, 0.25) is 0 Å². The van der Waals surface area contributed by atoms with Crippen molar-refractivity contribution in [1.29, 1.82) is 0 Å². The van der Waals surface area contributed by atoms with Gasteiger partial charge in [-0.1, -0.05) is 13.8 Å². The van der Waals surface area contributed by atoms with Crippen molar-refractivity contribution in [3.05, 3.63) is 18.0 Å². The van der Waals surface area contributed by atoms with Gasteiger partial charge in [0.05, 0.1) is 7.11 Å². The number of carbonyl (C=O) groups is 3. The molecular weight excluding hydrogens is 362 g/mol. The van der Waals surface area contributed by atoms with Gasteiger partial charge in [-0.05, 0) is 38.0 Å². The fourth-order valence-electron chi connectivity index (χ4n) is 3.20. The maximum absolute atomic E-state index is 12.6. The average Bonchev–Trinajstić information content (AvgIpc) is 2.63. The zero-order valence-corrected chi connectivity index (χ0v) is 17.1. The highest BCUT2D eigenvalue weighted by atomic mass is 16.6. The second kappa shape index (κ2) is 9.03. The van der Waals surface area contributed by atoms with Crippen molar-refractivity contribution >= 4 is 17.8 Å². The van der Waals surface area contributed by atoms with Crippen LogP contribution in [-0.4, -0.2) is 42.0 Å². The lowest BCUT2D eigenvalue weighted by Crippen LogP contribution is -2.49. The Morgan fingerprint density at radius 2 is 1.89 bits per heavy atom. The second-order valence-electron chi connectivity index (χ2n) is 7.93. The van der Waals surface area contributed by atoms with Crippen molar-refractivity contribution in [2.75, 3.05) is 7.11 Å². The van der Waals surface area contributed by atoms with Gasteiger partial charge in [0.15, 0.2) is 11.4 Å². The summed E-state index contributed by atoms with van der Waals surface area (Å²) in [6.07, 6.45) is 5.33. The minimum atomic E-state index is -0.763. The van der Waals surface area contributed by atoms with E-state index in [1.165, 1.54) is 26.3 Å². The predicted molar refractivity (Wildman–Crippen MR) is 103 cm³/mol. The van der Waals surface area contributed by atoms with E-state index >= 15 is 0 Å². The molecule has 0 spiro atoms. The van der Waals surface area contributed by atoms with Gasteiger partial charge in [0.25, 0.3) is 5.91 Å². The number of methoxy groups -OCH3 is 1. The Kier molecular flexibility index (Phi) is 6.99. The van der Waals surface area contributed by atoms with Gasteiger partial charge in [-0.25, -0.2) is 4.98 Å². The van der Waals surface area contributed by atoms with Crippen LogP contribution in [0, 0.1) is 5.41 Å². The molecule has 0 aliphatic heterocycles. The molecule has 1 saturated carbocycles. The van der Waals surface area contributed by atoms with Crippen LogP contribution in [0.4, 0.5) is 0 Å². The lowest BCUT2D eigenvalue weighted by Gasteiger charge is -2.35. The molecule has 0 saturated heterocycles. The van der Waals surface area contributed by atoms with E-state index in [9.17, 15) is 14.4 Å². The normalized spacial score (nSPS) is 17.3. The topological polar surface area (TPSA) is 107 Å². The van der Waals surface area contributed by atoms with Gasteiger partial charge in [0.1, 0.15) is 6.04 Å². The maximum atomic E-state index is 12.6. The predicted octanol–water partition coefficient (Wildman–Crippen LogP) is 2.22. The highest BCUT2D eigenvalue weighted by Crippen LogP contribution is 2.35. The zero-order valence-electron chi connectivity index (χ0n) is 17.1. The quantitative estimate of drug-likeness (QED) is 0.720. The van der Waals surface area contributed by atoms with Crippen molar-refractivity contribution < 1.29 is 23.9 Å². The molecule has 2 amide bonds. The molecule has 1 aromatic rings. The number of rotatable bonds is 6. The van der Waals surface area contributed by atoms with E-state index in [1.54, 1.807) is 6.92 Å². The molecule has 0 unspecified atom stereocenters. The Morgan fingerprint density at radius 3 is 2.46 bits per heavy atom. The molecule has 154 valence electrons. The van der Waals surface area contributed by atoms with Gasteiger partial charge < -0.3 is 20.1 Å². The summed E-state index contributed by atoms with van der Waals surface area (Å²) in [5.74, 6) is -1.35. The van der Waals surface area contributed by atoms with E-state index < -0.39 is 17.9 Å². The first kappa shape index (κ1) is 21.7. The van der Waals surface area contributed by atoms with E-state index in [0.29, 0.717) is 5.41 Å². The largest absolute Gasteiger partial charge is 0.493 e. The number of pyridine rings is 1. The van der Waals surface area contributed by atoms with Gasteiger partial charge >= 0.3 is 5.97 Å². The van der Waals surface area contributed by atoms with Crippen LogP contribution in [0.1, 0.15) is 63.9 Å². The van der Waals surface area contributed by atoms with E-state index in [-0.39, 0.29) is 29.1 Å². The van der Waals surface area contributed by atoms with Gasteiger partial charge in [-0.15, -0.1) is 0 Å². The Balaban J connectivity index is 2.02. The third kappa shape index (κ3) is 5.68. The number of aromatic nitrogens is 1. The molecular formula is C20H29N3O5. The first-order valence-electron chi connectivity index (χ1n) is 9.45. The van der Waals surface area contributed by atoms with Crippen molar-refractivity contribution in [2.45, 2.75) is 65.5 Å². The highest BCUT2D eigenvalue weighted by Gasteiger charge is 2.29. The van der Waals surface area contributed by atoms with E-state index in [4.69, 9.17) is 9.47 Å². The van der Waals surface area contributed by atoms with E-state index in [2.05, 4.69) is 29.5 Å². The Hall–Kier alpha value is -2.64. The molecule has 1 fully saturated rings. The number of nitrogens with one attached hydrogen (secondary N) is 2. The SMILES string of the molecule is COc1ccnc(C(=O)N[C@@H](C)C(=O)NC2CCC(C)(C)CC2)c1OC(C)=O. The summed E-state index contributed by atoms with van der Waals surface area (Å²) in [5, 5.41) is 5.60. The van der Waals surface area contributed by atoms with Crippen LogP contribution in [-0.2, 0) is 9.59 Å². The van der Waals surface area contributed by atoms with E-state index in [0.717, 1.165) is 25.7 Å². The summed E-state index contributed by atoms with van der Waals surface area (Å²) < 4.78 is 10.2. The van der Waals surface area contributed by atoms with Crippen molar-refractivity contribution in [2.24, 2.45) is 5.41 Å². The maximum Gasteiger partial charge on any atom is 0.308 e. The Morgan fingerprint density at radius 1 is 1.25 bits per heavy atom. The third-order valence-corrected chi connectivity index (χ3v) is 4.98. The molecule has 2 rings (SSSR count). The third-order valence-electron chi connectivity index (χ3n) is 4.98. The van der Waals surface area contributed by atoms with Crippen LogP contribution in [0.3, 0.4) is 0 Å². The molecule has 0 aromatic carbocycles. The first-order chi connectivity index (χ1) is 13.1. The fourth-order valence-corrected chi connectivity index (χ4v) is 3.20. The van der Waals surface area contributed by atoms with Gasteiger partial charge in [-0.2, -0.15) is 0 Å². The van der Waals surface area contributed by atoms with E-state index in [1.807, 2.05) is 0 Å². The monoisotopic (exact) mass is 391 g/mol. The van der Waals surface area contributed by atoms with Crippen LogP contribution >= 0.6 is 0 Å². The summed E-state index contributed by atoms with van der Waals surface area (Å²) in [6.45, 7) is 7.28. The lowest BCUT2D eigenvalue weighted by atomic mass is 9.75. The molecule has 1 atom stereocenters.